The molecular formula is C19H22N2O4S. The molecular weight excluding hydrogens is 352 g/mol. The van der Waals surface area contributed by atoms with Crippen LogP contribution in [-0.4, -0.2) is 30.4 Å². The Labute approximate surface area is 156 Å². The van der Waals surface area contributed by atoms with E-state index in [-0.39, 0.29) is 18.4 Å². The molecule has 138 valence electrons. The number of rotatable bonds is 7. The van der Waals surface area contributed by atoms with Gasteiger partial charge in [0.05, 0.1) is 6.54 Å². The predicted molar refractivity (Wildman–Crippen MR) is 100.0 cm³/mol. The lowest BCUT2D eigenvalue weighted by molar-refractivity contribution is -0.153. The van der Waals surface area contributed by atoms with Gasteiger partial charge in [-0.1, -0.05) is 23.3 Å². The number of carbonyl (C=O) groups excluding carboxylic acids is 3. The topological polar surface area (TPSA) is 84.5 Å². The zero-order valence-electron chi connectivity index (χ0n) is 15.0. The van der Waals surface area contributed by atoms with Gasteiger partial charge in [0.25, 0.3) is 11.8 Å². The van der Waals surface area contributed by atoms with Crippen LogP contribution in [0.25, 0.3) is 0 Å². The fourth-order valence-electron chi connectivity index (χ4n) is 2.38. The van der Waals surface area contributed by atoms with Crippen LogP contribution in [0.3, 0.4) is 0 Å². The second-order valence-electron chi connectivity index (χ2n) is 5.99. The molecule has 0 spiro atoms. The van der Waals surface area contributed by atoms with Crippen molar-refractivity contribution in [2.45, 2.75) is 33.4 Å². The van der Waals surface area contributed by atoms with Crippen molar-refractivity contribution in [2.75, 3.05) is 6.54 Å². The van der Waals surface area contributed by atoms with Crippen LogP contribution >= 0.6 is 11.3 Å². The van der Waals surface area contributed by atoms with E-state index in [2.05, 4.69) is 10.6 Å². The van der Waals surface area contributed by atoms with Crippen molar-refractivity contribution >= 4 is 29.1 Å². The Balaban J connectivity index is 1.76. The zero-order valence-corrected chi connectivity index (χ0v) is 15.8. The van der Waals surface area contributed by atoms with Crippen molar-refractivity contribution < 1.29 is 19.1 Å². The molecule has 0 saturated carbocycles. The molecule has 2 aromatic rings. The lowest BCUT2D eigenvalue weighted by Gasteiger charge is -2.13. The summed E-state index contributed by atoms with van der Waals surface area (Å²) >= 11 is 1.53. The summed E-state index contributed by atoms with van der Waals surface area (Å²) in [5, 5.41) is 7.13. The lowest BCUT2D eigenvalue weighted by atomic mass is 10.1. The van der Waals surface area contributed by atoms with Gasteiger partial charge in [-0.15, -0.1) is 11.3 Å². The van der Waals surface area contributed by atoms with E-state index < -0.39 is 12.1 Å². The lowest BCUT2D eigenvalue weighted by Crippen LogP contribution is -2.38. The zero-order chi connectivity index (χ0) is 19.1. The number of amides is 2. The van der Waals surface area contributed by atoms with Gasteiger partial charge in [0.2, 0.25) is 0 Å². The molecule has 2 amide bonds. The highest BCUT2D eigenvalue weighted by Gasteiger charge is 2.18. The van der Waals surface area contributed by atoms with Crippen LogP contribution in [-0.2, 0) is 20.9 Å². The first-order chi connectivity index (χ1) is 12.3. The van der Waals surface area contributed by atoms with Crippen LogP contribution in [0.1, 0.15) is 33.3 Å². The number of hydrogen-bond acceptors (Lipinski definition) is 5. The number of aryl methyl sites for hydroxylation is 2. The fraction of sp³-hybridized carbons (Fsp3) is 0.316. The van der Waals surface area contributed by atoms with Gasteiger partial charge >= 0.3 is 5.97 Å². The van der Waals surface area contributed by atoms with Gasteiger partial charge in [-0.05, 0) is 44.4 Å². The summed E-state index contributed by atoms with van der Waals surface area (Å²) in [6, 6.07) is 9.25. The van der Waals surface area contributed by atoms with Gasteiger partial charge in [0.15, 0.2) is 6.10 Å². The highest BCUT2D eigenvalue weighted by Crippen LogP contribution is 2.09. The Hall–Kier alpha value is -2.67. The molecule has 0 radical (unpaired) electrons. The summed E-state index contributed by atoms with van der Waals surface area (Å²) in [4.78, 5) is 36.9. The van der Waals surface area contributed by atoms with Crippen LogP contribution in [0.15, 0.2) is 35.7 Å². The standard InChI is InChI=1S/C19H22N2O4S/c1-12-7-13(2)9-15(8-12)19(24)21-11-17(22)25-14(3)18(23)20-10-16-5-4-6-26-16/h4-9,14H,10-11H2,1-3H3,(H,20,23)(H,21,24). The molecule has 1 atom stereocenters. The van der Waals surface area contributed by atoms with E-state index >= 15 is 0 Å². The molecule has 1 heterocycles. The Bertz CT molecular complexity index is 767. The first-order valence-corrected chi connectivity index (χ1v) is 9.09. The number of esters is 1. The summed E-state index contributed by atoms with van der Waals surface area (Å²) in [7, 11) is 0. The number of ether oxygens (including phenoxy) is 1. The number of hydrogen-bond donors (Lipinski definition) is 2. The van der Waals surface area contributed by atoms with E-state index in [0.717, 1.165) is 16.0 Å². The highest BCUT2D eigenvalue weighted by molar-refractivity contribution is 7.09. The third-order valence-electron chi connectivity index (χ3n) is 3.57. The number of thiophene rings is 1. The molecule has 0 bridgehead atoms. The van der Waals surface area contributed by atoms with Crippen LogP contribution in [0, 0.1) is 13.8 Å². The summed E-state index contributed by atoms with van der Waals surface area (Å²) in [6.07, 6.45) is -0.930. The molecule has 0 aliphatic carbocycles. The molecule has 1 aromatic carbocycles. The molecule has 6 nitrogen and oxygen atoms in total. The van der Waals surface area contributed by atoms with Crippen molar-refractivity contribution in [3.8, 4) is 0 Å². The third kappa shape index (κ3) is 6.00. The second-order valence-corrected chi connectivity index (χ2v) is 7.02. The number of benzene rings is 1. The molecule has 2 N–H and O–H groups in total. The molecule has 2 rings (SSSR count). The van der Waals surface area contributed by atoms with E-state index in [4.69, 9.17) is 4.74 Å². The Kier molecular flexibility index (Phi) is 6.91. The molecule has 0 aliphatic rings. The summed E-state index contributed by atoms with van der Waals surface area (Å²) in [6.45, 7) is 5.38. The van der Waals surface area contributed by atoms with Crippen molar-refractivity contribution in [1.29, 1.82) is 0 Å². The average Bonchev–Trinajstić information content (AvgIpc) is 3.10. The maximum atomic E-state index is 12.1. The smallest absolute Gasteiger partial charge is 0.326 e. The maximum Gasteiger partial charge on any atom is 0.326 e. The van der Waals surface area contributed by atoms with Gasteiger partial charge in [-0.2, -0.15) is 0 Å². The molecule has 7 heteroatoms. The Morgan fingerprint density at radius 1 is 1.12 bits per heavy atom. The highest BCUT2D eigenvalue weighted by atomic mass is 32.1. The molecule has 1 unspecified atom stereocenters. The van der Waals surface area contributed by atoms with E-state index in [1.54, 1.807) is 12.1 Å². The van der Waals surface area contributed by atoms with Gasteiger partial charge in [0, 0.05) is 10.4 Å². The van der Waals surface area contributed by atoms with Crippen LogP contribution < -0.4 is 10.6 Å². The number of carbonyl (C=O) groups is 3. The molecule has 0 saturated heterocycles. The van der Waals surface area contributed by atoms with E-state index in [9.17, 15) is 14.4 Å². The van der Waals surface area contributed by atoms with Crippen molar-refractivity contribution in [3.05, 3.63) is 57.3 Å². The van der Waals surface area contributed by atoms with Gasteiger partial charge in [-0.25, -0.2) is 0 Å². The second kappa shape index (κ2) is 9.15. The number of nitrogens with one attached hydrogen (secondary N) is 2. The Morgan fingerprint density at radius 3 is 2.42 bits per heavy atom. The first-order valence-electron chi connectivity index (χ1n) is 8.21. The minimum Gasteiger partial charge on any atom is -0.451 e. The molecule has 1 aromatic heterocycles. The molecule has 0 aliphatic heterocycles. The summed E-state index contributed by atoms with van der Waals surface area (Å²) < 4.78 is 5.05. The van der Waals surface area contributed by atoms with E-state index in [1.807, 2.05) is 37.4 Å². The normalized spacial score (nSPS) is 11.5. The molecule has 26 heavy (non-hydrogen) atoms. The average molecular weight is 374 g/mol. The van der Waals surface area contributed by atoms with E-state index in [0.29, 0.717) is 12.1 Å². The summed E-state index contributed by atoms with van der Waals surface area (Å²) in [5.41, 5.74) is 2.42. The van der Waals surface area contributed by atoms with Crippen molar-refractivity contribution in [2.24, 2.45) is 0 Å². The molecule has 0 fully saturated rings. The quantitative estimate of drug-likeness (QED) is 0.729. The van der Waals surface area contributed by atoms with Crippen molar-refractivity contribution in [1.82, 2.24) is 10.6 Å². The third-order valence-corrected chi connectivity index (χ3v) is 4.45. The van der Waals surface area contributed by atoms with Crippen LogP contribution in [0.4, 0.5) is 0 Å². The van der Waals surface area contributed by atoms with Crippen LogP contribution in [0.2, 0.25) is 0 Å². The van der Waals surface area contributed by atoms with Crippen LogP contribution in [0.5, 0.6) is 0 Å². The van der Waals surface area contributed by atoms with Gasteiger partial charge < -0.3 is 15.4 Å². The minimum absolute atomic E-state index is 0.297. The van der Waals surface area contributed by atoms with E-state index in [1.165, 1.54) is 18.3 Å². The SMILES string of the molecule is Cc1cc(C)cc(C(=O)NCC(=O)OC(C)C(=O)NCc2cccs2)c1. The fourth-order valence-corrected chi connectivity index (χ4v) is 3.03. The monoisotopic (exact) mass is 374 g/mol. The van der Waals surface area contributed by atoms with Gasteiger partial charge in [0.1, 0.15) is 6.54 Å². The Morgan fingerprint density at radius 2 is 1.81 bits per heavy atom. The van der Waals surface area contributed by atoms with Gasteiger partial charge in [-0.3, -0.25) is 14.4 Å². The largest absolute Gasteiger partial charge is 0.451 e. The first kappa shape index (κ1) is 19.7. The minimum atomic E-state index is -0.930. The summed E-state index contributed by atoms with van der Waals surface area (Å²) in [5.74, 6) is -1.41. The maximum absolute atomic E-state index is 12.1. The predicted octanol–water partition coefficient (Wildman–Crippen LogP) is 2.34. The van der Waals surface area contributed by atoms with Crippen molar-refractivity contribution in [3.63, 3.8) is 0 Å².